The van der Waals surface area contributed by atoms with E-state index in [1.807, 2.05) is 41.8 Å². The number of imidazole rings is 1. The van der Waals surface area contributed by atoms with Crippen LogP contribution in [0, 0.1) is 0 Å². The maximum atomic E-state index is 12.6. The molecule has 152 valence electrons. The van der Waals surface area contributed by atoms with Gasteiger partial charge in [0.15, 0.2) is 0 Å². The molecule has 1 aliphatic rings. The Kier molecular flexibility index (Phi) is 6.51. The number of carbonyl (C=O) groups is 1. The summed E-state index contributed by atoms with van der Waals surface area (Å²) in [7, 11) is -3.43. The van der Waals surface area contributed by atoms with Gasteiger partial charge in [0.05, 0.1) is 23.7 Å². The monoisotopic (exact) mass is 404 g/mol. The van der Waals surface area contributed by atoms with Crippen molar-refractivity contribution in [2.24, 2.45) is 0 Å². The van der Waals surface area contributed by atoms with Crippen LogP contribution >= 0.6 is 0 Å². The molecule has 1 N–H and O–H groups in total. The number of aryl methyl sites for hydroxylation is 1. The van der Waals surface area contributed by atoms with E-state index in [0.717, 1.165) is 17.8 Å². The Hall–Kier alpha value is -2.19. The lowest BCUT2D eigenvalue weighted by Gasteiger charge is -2.34. The second-order valence-electron chi connectivity index (χ2n) is 7.01. The molecule has 2 heterocycles. The van der Waals surface area contributed by atoms with E-state index in [1.54, 1.807) is 13.1 Å². The van der Waals surface area contributed by atoms with Crippen molar-refractivity contribution >= 4 is 15.7 Å². The number of rotatable bonds is 8. The summed E-state index contributed by atoms with van der Waals surface area (Å²) >= 11 is 0. The summed E-state index contributed by atoms with van der Waals surface area (Å²) in [5, 5.41) is 3.02. The number of nitrogens with one attached hydrogen (secondary N) is 1. The molecule has 28 heavy (non-hydrogen) atoms. The van der Waals surface area contributed by atoms with Crippen LogP contribution in [0.3, 0.4) is 0 Å². The van der Waals surface area contributed by atoms with Crippen molar-refractivity contribution in [2.45, 2.75) is 51.0 Å². The predicted molar refractivity (Wildman–Crippen MR) is 108 cm³/mol. The van der Waals surface area contributed by atoms with E-state index in [1.165, 1.54) is 0 Å². The van der Waals surface area contributed by atoms with Gasteiger partial charge in [0.25, 0.3) is 0 Å². The SMILES string of the molecule is CCC1C(=O)NCCN1Cc1cnc(S(=O)(=O)CC)n1CCc1ccccc1. The molecule has 3 rings (SSSR count). The van der Waals surface area contributed by atoms with Gasteiger partial charge in [0.1, 0.15) is 0 Å². The maximum absolute atomic E-state index is 12.6. The number of carbonyl (C=O) groups excluding carboxylic acids is 1. The zero-order chi connectivity index (χ0) is 20.1. The van der Waals surface area contributed by atoms with E-state index in [9.17, 15) is 13.2 Å². The van der Waals surface area contributed by atoms with Gasteiger partial charge in [-0.1, -0.05) is 44.2 Å². The molecule has 1 unspecified atom stereocenters. The van der Waals surface area contributed by atoms with Crippen LogP contribution in [0.2, 0.25) is 0 Å². The van der Waals surface area contributed by atoms with Crippen molar-refractivity contribution in [1.82, 2.24) is 19.8 Å². The fourth-order valence-electron chi connectivity index (χ4n) is 3.62. The Labute approximate surface area is 166 Å². The molecule has 1 amide bonds. The Balaban J connectivity index is 1.88. The highest BCUT2D eigenvalue weighted by atomic mass is 32.2. The van der Waals surface area contributed by atoms with E-state index in [2.05, 4.69) is 15.2 Å². The third kappa shape index (κ3) is 4.44. The number of aromatic nitrogens is 2. The molecule has 8 heteroatoms. The molecule has 0 radical (unpaired) electrons. The molecule has 1 atom stereocenters. The summed E-state index contributed by atoms with van der Waals surface area (Å²) in [5.74, 6) is 0.0453. The largest absolute Gasteiger partial charge is 0.353 e. The van der Waals surface area contributed by atoms with Crippen LogP contribution < -0.4 is 5.32 Å². The lowest BCUT2D eigenvalue weighted by atomic mass is 10.1. The number of benzene rings is 1. The quantitative estimate of drug-likeness (QED) is 0.723. The van der Waals surface area contributed by atoms with Crippen molar-refractivity contribution in [3.8, 4) is 0 Å². The van der Waals surface area contributed by atoms with Crippen molar-refractivity contribution in [2.75, 3.05) is 18.8 Å². The minimum absolute atomic E-state index is 0.0124. The second kappa shape index (κ2) is 8.87. The van der Waals surface area contributed by atoms with E-state index in [-0.39, 0.29) is 22.9 Å². The Morgan fingerprint density at radius 1 is 1.21 bits per heavy atom. The molecular weight excluding hydrogens is 376 g/mol. The molecule has 2 aromatic rings. The standard InChI is InChI=1S/C20H28N4O3S/c1-3-18-19(25)21-11-13-23(18)15-17-14-22-20(28(26,27)4-2)24(17)12-10-16-8-6-5-7-9-16/h5-9,14,18H,3-4,10-13,15H2,1-2H3,(H,21,25). The lowest BCUT2D eigenvalue weighted by molar-refractivity contribution is -0.129. The van der Waals surface area contributed by atoms with Gasteiger partial charge in [0, 0.05) is 26.2 Å². The molecule has 1 aromatic heterocycles. The number of hydrogen-bond donors (Lipinski definition) is 1. The highest BCUT2D eigenvalue weighted by Crippen LogP contribution is 2.19. The van der Waals surface area contributed by atoms with Gasteiger partial charge < -0.3 is 9.88 Å². The van der Waals surface area contributed by atoms with Gasteiger partial charge in [-0.2, -0.15) is 0 Å². The molecule has 0 spiro atoms. The molecule has 0 saturated carbocycles. The number of sulfone groups is 1. The number of nitrogens with zero attached hydrogens (tertiary/aromatic N) is 3. The van der Waals surface area contributed by atoms with Crippen LogP contribution in [0.1, 0.15) is 31.5 Å². The summed E-state index contributed by atoms with van der Waals surface area (Å²) in [4.78, 5) is 18.5. The van der Waals surface area contributed by atoms with E-state index in [0.29, 0.717) is 32.5 Å². The highest BCUT2D eigenvalue weighted by Gasteiger charge is 2.30. The second-order valence-corrected chi connectivity index (χ2v) is 9.18. The topological polar surface area (TPSA) is 84.3 Å². The van der Waals surface area contributed by atoms with Crippen molar-refractivity contribution < 1.29 is 13.2 Å². The molecular formula is C20H28N4O3S. The van der Waals surface area contributed by atoms with Gasteiger partial charge >= 0.3 is 0 Å². The van der Waals surface area contributed by atoms with Gasteiger partial charge in [-0.3, -0.25) is 9.69 Å². The number of hydrogen-bond acceptors (Lipinski definition) is 5. The van der Waals surface area contributed by atoms with Crippen LogP contribution in [0.15, 0.2) is 41.7 Å². The highest BCUT2D eigenvalue weighted by molar-refractivity contribution is 7.91. The van der Waals surface area contributed by atoms with Crippen LogP contribution in [-0.4, -0.2) is 53.7 Å². The molecule has 1 aliphatic heterocycles. The van der Waals surface area contributed by atoms with Gasteiger partial charge in [-0.15, -0.1) is 0 Å². The fourth-order valence-corrected chi connectivity index (χ4v) is 4.64. The smallest absolute Gasteiger partial charge is 0.237 e. The summed E-state index contributed by atoms with van der Waals surface area (Å²) < 4.78 is 26.9. The zero-order valence-corrected chi connectivity index (χ0v) is 17.3. The maximum Gasteiger partial charge on any atom is 0.237 e. The fraction of sp³-hybridized carbons (Fsp3) is 0.500. The van der Waals surface area contributed by atoms with Crippen molar-refractivity contribution in [3.05, 3.63) is 47.8 Å². The number of piperazine rings is 1. The molecule has 0 bridgehead atoms. The third-order valence-corrected chi connectivity index (χ3v) is 6.86. The average Bonchev–Trinajstić information content (AvgIpc) is 3.11. The Bertz CT molecular complexity index is 909. The third-order valence-electron chi connectivity index (χ3n) is 5.22. The molecule has 0 aliphatic carbocycles. The molecule has 7 nitrogen and oxygen atoms in total. The van der Waals surface area contributed by atoms with E-state index in [4.69, 9.17) is 0 Å². The predicted octanol–water partition coefficient (Wildman–Crippen LogP) is 1.63. The minimum Gasteiger partial charge on any atom is -0.353 e. The molecule has 1 aromatic carbocycles. The Morgan fingerprint density at radius 3 is 2.64 bits per heavy atom. The van der Waals surface area contributed by atoms with E-state index >= 15 is 0 Å². The molecule has 1 fully saturated rings. The van der Waals surface area contributed by atoms with Crippen molar-refractivity contribution in [3.63, 3.8) is 0 Å². The first-order valence-electron chi connectivity index (χ1n) is 9.79. The van der Waals surface area contributed by atoms with Crippen LogP contribution in [0.5, 0.6) is 0 Å². The average molecular weight is 405 g/mol. The summed E-state index contributed by atoms with van der Waals surface area (Å²) in [6.45, 7) is 6.00. The first-order chi connectivity index (χ1) is 13.5. The first kappa shape index (κ1) is 20.5. The first-order valence-corrected chi connectivity index (χ1v) is 11.4. The normalized spacial score (nSPS) is 18.2. The van der Waals surface area contributed by atoms with Crippen molar-refractivity contribution in [1.29, 1.82) is 0 Å². The van der Waals surface area contributed by atoms with Gasteiger partial charge in [-0.25, -0.2) is 13.4 Å². The van der Waals surface area contributed by atoms with Crippen LogP contribution in [0.4, 0.5) is 0 Å². The summed E-state index contributed by atoms with van der Waals surface area (Å²) in [6, 6.07) is 9.79. The molecule has 1 saturated heterocycles. The summed E-state index contributed by atoms with van der Waals surface area (Å²) in [6.07, 6.45) is 3.07. The van der Waals surface area contributed by atoms with E-state index < -0.39 is 9.84 Å². The number of amides is 1. The Morgan fingerprint density at radius 2 is 1.96 bits per heavy atom. The van der Waals surface area contributed by atoms with Gasteiger partial charge in [-0.05, 0) is 18.4 Å². The van der Waals surface area contributed by atoms with Crippen LogP contribution in [0.25, 0.3) is 0 Å². The zero-order valence-electron chi connectivity index (χ0n) is 16.5. The van der Waals surface area contributed by atoms with Crippen LogP contribution in [-0.2, 0) is 34.1 Å². The summed E-state index contributed by atoms with van der Waals surface area (Å²) in [5.41, 5.74) is 1.97. The lowest BCUT2D eigenvalue weighted by Crippen LogP contribution is -2.54. The van der Waals surface area contributed by atoms with Gasteiger partial charge in [0.2, 0.25) is 20.9 Å². The minimum atomic E-state index is -3.43.